The predicted octanol–water partition coefficient (Wildman–Crippen LogP) is 1.49. The quantitative estimate of drug-likeness (QED) is 0.848. The lowest BCUT2D eigenvalue weighted by Crippen LogP contribution is -2.37. The molecule has 0 saturated carbocycles. The molecule has 1 aliphatic rings. The van der Waals surface area contributed by atoms with Gasteiger partial charge in [0.1, 0.15) is 5.75 Å². The number of carbonyl (C=O) groups excluding carboxylic acids is 1. The van der Waals surface area contributed by atoms with Crippen LogP contribution in [-0.4, -0.2) is 32.1 Å². The van der Waals surface area contributed by atoms with E-state index in [2.05, 4.69) is 10.6 Å². The van der Waals surface area contributed by atoms with Gasteiger partial charge in [-0.25, -0.2) is 0 Å². The minimum absolute atomic E-state index is 0.0655. The van der Waals surface area contributed by atoms with Crippen LogP contribution in [0.5, 0.6) is 5.75 Å². The van der Waals surface area contributed by atoms with Crippen molar-refractivity contribution in [3.8, 4) is 5.75 Å². The Morgan fingerprint density at radius 3 is 3.06 bits per heavy atom. The summed E-state index contributed by atoms with van der Waals surface area (Å²) in [6.07, 6.45) is 2.32. The molecular formula is C14H20N2O2. The summed E-state index contributed by atoms with van der Waals surface area (Å²) in [5.74, 6) is 0.557. The summed E-state index contributed by atoms with van der Waals surface area (Å²) in [6.45, 7) is 3.69. The molecule has 1 saturated heterocycles. The van der Waals surface area contributed by atoms with Gasteiger partial charge >= 0.3 is 0 Å². The zero-order chi connectivity index (χ0) is 13.0. The van der Waals surface area contributed by atoms with Crippen molar-refractivity contribution < 1.29 is 9.53 Å². The van der Waals surface area contributed by atoms with Crippen molar-refractivity contribution in [2.75, 3.05) is 20.2 Å². The number of carbonyl (C=O) groups is 1. The van der Waals surface area contributed by atoms with E-state index in [0.29, 0.717) is 23.9 Å². The second-order valence-corrected chi connectivity index (χ2v) is 4.71. The van der Waals surface area contributed by atoms with Crippen molar-refractivity contribution in [1.29, 1.82) is 0 Å². The smallest absolute Gasteiger partial charge is 0.255 e. The first-order chi connectivity index (χ1) is 8.70. The van der Waals surface area contributed by atoms with Gasteiger partial charge in [-0.05, 0) is 38.4 Å². The molecule has 1 amide bonds. The Bertz CT molecular complexity index is 426. The summed E-state index contributed by atoms with van der Waals surface area (Å²) in [5.41, 5.74) is 1.66. The van der Waals surface area contributed by atoms with Gasteiger partial charge in [-0.2, -0.15) is 0 Å². The normalized spacial score (nSPS) is 18.7. The molecule has 0 aromatic heterocycles. The Morgan fingerprint density at radius 2 is 2.39 bits per heavy atom. The first kappa shape index (κ1) is 12.9. The van der Waals surface area contributed by atoms with E-state index >= 15 is 0 Å². The van der Waals surface area contributed by atoms with E-state index in [-0.39, 0.29) is 5.91 Å². The molecule has 1 aliphatic heterocycles. The zero-order valence-corrected chi connectivity index (χ0v) is 11.0. The summed E-state index contributed by atoms with van der Waals surface area (Å²) in [5, 5.41) is 6.32. The Kier molecular flexibility index (Phi) is 4.20. The third-order valence-electron chi connectivity index (χ3n) is 3.27. The summed E-state index contributed by atoms with van der Waals surface area (Å²) >= 11 is 0. The van der Waals surface area contributed by atoms with E-state index in [4.69, 9.17) is 4.74 Å². The van der Waals surface area contributed by atoms with E-state index < -0.39 is 0 Å². The lowest BCUT2D eigenvalue weighted by atomic mass is 10.1. The maximum Gasteiger partial charge on any atom is 0.255 e. The van der Waals surface area contributed by atoms with Crippen LogP contribution >= 0.6 is 0 Å². The average Bonchev–Trinajstić information content (AvgIpc) is 2.89. The van der Waals surface area contributed by atoms with Crippen molar-refractivity contribution in [3.63, 3.8) is 0 Å². The molecule has 4 heteroatoms. The monoisotopic (exact) mass is 248 g/mol. The summed E-state index contributed by atoms with van der Waals surface area (Å²) in [7, 11) is 1.58. The van der Waals surface area contributed by atoms with Crippen LogP contribution in [0, 0.1) is 6.92 Å². The number of nitrogens with one attached hydrogen (secondary N) is 2. The second-order valence-electron chi connectivity index (χ2n) is 4.71. The van der Waals surface area contributed by atoms with E-state index in [0.717, 1.165) is 18.5 Å². The van der Waals surface area contributed by atoms with Crippen LogP contribution in [0.25, 0.3) is 0 Å². The van der Waals surface area contributed by atoms with Crippen LogP contribution in [0.1, 0.15) is 28.8 Å². The summed E-state index contributed by atoms with van der Waals surface area (Å²) in [6, 6.07) is 6.03. The Balaban J connectivity index is 2.00. The third kappa shape index (κ3) is 3.01. The van der Waals surface area contributed by atoms with E-state index in [1.807, 2.05) is 25.1 Å². The fraction of sp³-hybridized carbons (Fsp3) is 0.500. The van der Waals surface area contributed by atoms with Gasteiger partial charge in [-0.15, -0.1) is 0 Å². The second kappa shape index (κ2) is 5.87. The van der Waals surface area contributed by atoms with Crippen molar-refractivity contribution in [2.45, 2.75) is 25.8 Å². The van der Waals surface area contributed by atoms with Gasteiger partial charge in [0.05, 0.1) is 12.7 Å². The van der Waals surface area contributed by atoms with Crippen molar-refractivity contribution >= 4 is 5.91 Å². The van der Waals surface area contributed by atoms with Gasteiger partial charge in [0.25, 0.3) is 5.91 Å². The molecule has 0 spiro atoms. The molecular weight excluding hydrogens is 228 g/mol. The maximum atomic E-state index is 12.1. The fourth-order valence-corrected chi connectivity index (χ4v) is 2.24. The van der Waals surface area contributed by atoms with Crippen LogP contribution in [-0.2, 0) is 0 Å². The molecule has 2 rings (SSSR count). The molecule has 4 nitrogen and oxygen atoms in total. The highest BCUT2D eigenvalue weighted by molar-refractivity contribution is 5.97. The number of methoxy groups -OCH3 is 1. The SMILES string of the molecule is COc1ccc(C)cc1C(=O)NCC1CCCN1. The molecule has 1 aromatic rings. The standard InChI is InChI=1S/C14H20N2O2/c1-10-5-6-13(18-2)12(8-10)14(17)16-9-11-4-3-7-15-11/h5-6,8,11,15H,3-4,7,9H2,1-2H3,(H,16,17). The van der Waals surface area contributed by atoms with Crippen molar-refractivity contribution in [1.82, 2.24) is 10.6 Å². The number of hydrogen-bond acceptors (Lipinski definition) is 3. The van der Waals surface area contributed by atoms with E-state index in [1.54, 1.807) is 7.11 Å². The highest BCUT2D eigenvalue weighted by Gasteiger charge is 2.17. The van der Waals surface area contributed by atoms with Crippen molar-refractivity contribution in [3.05, 3.63) is 29.3 Å². The molecule has 1 atom stereocenters. The number of hydrogen-bond donors (Lipinski definition) is 2. The van der Waals surface area contributed by atoms with Crippen LogP contribution in [0.15, 0.2) is 18.2 Å². The number of rotatable bonds is 4. The molecule has 0 aliphatic carbocycles. The molecule has 0 bridgehead atoms. The van der Waals surface area contributed by atoms with Gasteiger partial charge in [-0.1, -0.05) is 11.6 Å². The van der Waals surface area contributed by atoms with Crippen LogP contribution < -0.4 is 15.4 Å². The molecule has 98 valence electrons. The molecule has 1 fully saturated rings. The van der Waals surface area contributed by atoms with E-state index in [1.165, 1.54) is 6.42 Å². The predicted molar refractivity (Wildman–Crippen MR) is 71.1 cm³/mol. The zero-order valence-electron chi connectivity index (χ0n) is 11.0. The largest absolute Gasteiger partial charge is 0.496 e. The Labute approximate surface area is 108 Å². The molecule has 1 unspecified atom stereocenters. The molecule has 18 heavy (non-hydrogen) atoms. The lowest BCUT2D eigenvalue weighted by molar-refractivity contribution is 0.0947. The topological polar surface area (TPSA) is 50.4 Å². The molecule has 1 aromatic carbocycles. The van der Waals surface area contributed by atoms with Crippen molar-refractivity contribution in [2.24, 2.45) is 0 Å². The number of aryl methyl sites for hydroxylation is 1. The number of amides is 1. The third-order valence-corrected chi connectivity index (χ3v) is 3.27. The highest BCUT2D eigenvalue weighted by Crippen LogP contribution is 2.19. The Morgan fingerprint density at radius 1 is 1.56 bits per heavy atom. The van der Waals surface area contributed by atoms with Gasteiger partial charge in [0.2, 0.25) is 0 Å². The van der Waals surface area contributed by atoms with Gasteiger partial charge in [0, 0.05) is 12.6 Å². The summed E-state index contributed by atoms with van der Waals surface area (Å²) < 4.78 is 5.22. The number of ether oxygens (including phenoxy) is 1. The first-order valence-corrected chi connectivity index (χ1v) is 6.37. The minimum Gasteiger partial charge on any atom is -0.496 e. The minimum atomic E-state index is -0.0655. The van der Waals surface area contributed by atoms with Gasteiger partial charge < -0.3 is 15.4 Å². The first-order valence-electron chi connectivity index (χ1n) is 6.37. The lowest BCUT2D eigenvalue weighted by Gasteiger charge is -2.13. The molecule has 1 heterocycles. The summed E-state index contributed by atoms with van der Waals surface area (Å²) in [4.78, 5) is 12.1. The highest BCUT2D eigenvalue weighted by atomic mass is 16.5. The average molecular weight is 248 g/mol. The van der Waals surface area contributed by atoms with Crippen LogP contribution in [0.2, 0.25) is 0 Å². The molecule has 0 radical (unpaired) electrons. The molecule has 2 N–H and O–H groups in total. The van der Waals surface area contributed by atoms with Gasteiger partial charge in [-0.3, -0.25) is 4.79 Å². The number of benzene rings is 1. The maximum absolute atomic E-state index is 12.1. The van der Waals surface area contributed by atoms with Gasteiger partial charge in [0.15, 0.2) is 0 Å². The van der Waals surface area contributed by atoms with Crippen LogP contribution in [0.4, 0.5) is 0 Å². The van der Waals surface area contributed by atoms with Crippen LogP contribution in [0.3, 0.4) is 0 Å². The van der Waals surface area contributed by atoms with E-state index in [9.17, 15) is 4.79 Å². The Hall–Kier alpha value is -1.55. The fourth-order valence-electron chi connectivity index (χ4n) is 2.24.